The highest BCUT2D eigenvalue weighted by molar-refractivity contribution is 7.14. The van der Waals surface area contributed by atoms with Crippen molar-refractivity contribution in [3.8, 4) is 22.8 Å². The second kappa shape index (κ2) is 7.81. The number of benzene rings is 1. The van der Waals surface area contributed by atoms with Gasteiger partial charge in [-0.05, 0) is 25.1 Å². The summed E-state index contributed by atoms with van der Waals surface area (Å²) < 4.78 is 16.1. The molecule has 2 aromatic rings. The van der Waals surface area contributed by atoms with E-state index < -0.39 is 0 Å². The van der Waals surface area contributed by atoms with Crippen LogP contribution in [0.2, 0.25) is 0 Å². The molecule has 2 heterocycles. The molecular weight excluding hydrogens is 342 g/mol. The van der Waals surface area contributed by atoms with Gasteiger partial charge in [0.05, 0.1) is 32.6 Å². The number of amides is 1. The summed E-state index contributed by atoms with van der Waals surface area (Å²) in [7, 11) is 3.19. The summed E-state index contributed by atoms with van der Waals surface area (Å²) in [5.41, 5.74) is 1.66. The number of hydrogen-bond donors (Lipinski definition) is 2. The molecule has 1 aliphatic heterocycles. The zero-order valence-corrected chi connectivity index (χ0v) is 15.2. The maximum atomic E-state index is 12.4. The summed E-state index contributed by atoms with van der Waals surface area (Å²) in [5.74, 6) is 1.16. The standard InChI is InChI=1S/C17H21N3O4S/c1-10-15(18-6-7-24-10)16(21)20-17-19-12(9-25-17)11-4-5-13(22-2)14(8-11)23-3/h4-5,8-10,15,18H,6-7H2,1-3H3,(H,19,20,21)/t10-,15+/m1/s1. The second-order valence-electron chi connectivity index (χ2n) is 5.60. The van der Waals surface area contributed by atoms with Gasteiger partial charge in [0.2, 0.25) is 5.91 Å². The van der Waals surface area contributed by atoms with E-state index in [0.29, 0.717) is 29.8 Å². The number of thiazole rings is 1. The summed E-state index contributed by atoms with van der Waals surface area (Å²) in [4.78, 5) is 16.9. The van der Waals surface area contributed by atoms with E-state index in [0.717, 1.165) is 11.3 Å². The van der Waals surface area contributed by atoms with Gasteiger partial charge in [0.1, 0.15) is 6.04 Å². The summed E-state index contributed by atoms with van der Waals surface area (Å²) in [6, 6.07) is 5.22. The predicted octanol–water partition coefficient (Wildman–Crippen LogP) is 2.14. The van der Waals surface area contributed by atoms with Crippen LogP contribution in [0.4, 0.5) is 5.13 Å². The maximum absolute atomic E-state index is 12.4. The first-order valence-electron chi connectivity index (χ1n) is 7.96. The van der Waals surface area contributed by atoms with E-state index in [1.54, 1.807) is 14.2 Å². The average Bonchev–Trinajstić information content (AvgIpc) is 3.09. The molecule has 1 fully saturated rings. The van der Waals surface area contributed by atoms with E-state index in [1.807, 2.05) is 30.5 Å². The molecule has 0 unspecified atom stereocenters. The smallest absolute Gasteiger partial charge is 0.245 e. The largest absolute Gasteiger partial charge is 0.493 e. The first-order valence-corrected chi connectivity index (χ1v) is 8.84. The molecule has 8 heteroatoms. The van der Waals surface area contributed by atoms with Crippen molar-refractivity contribution in [3.63, 3.8) is 0 Å². The molecule has 25 heavy (non-hydrogen) atoms. The van der Waals surface area contributed by atoms with Crippen molar-refractivity contribution in [2.75, 3.05) is 32.7 Å². The van der Waals surface area contributed by atoms with E-state index in [4.69, 9.17) is 14.2 Å². The Hall–Kier alpha value is -2.16. The molecule has 1 aromatic carbocycles. The van der Waals surface area contributed by atoms with Crippen molar-refractivity contribution in [1.29, 1.82) is 0 Å². The fraction of sp³-hybridized carbons (Fsp3) is 0.412. The van der Waals surface area contributed by atoms with E-state index in [-0.39, 0.29) is 18.1 Å². The van der Waals surface area contributed by atoms with E-state index >= 15 is 0 Å². The lowest BCUT2D eigenvalue weighted by Crippen LogP contribution is -2.53. The highest BCUT2D eigenvalue weighted by atomic mass is 32.1. The summed E-state index contributed by atoms with van der Waals surface area (Å²) in [5, 5.41) is 8.46. The summed E-state index contributed by atoms with van der Waals surface area (Å²) in [6.07, 6.45) is -0.168. The van der Waals surface area contributed by atoms with E-state index in [9.17, 15) is 4.79 Å². The fourth-order valence-electron chi connectivity index (χ4n) is 2.67. The van der Waals surface area contributed by atoms with Crippen molar-refractivity contribution in [2.45, 2.75) is 19.1 Å². The van der Waals surface area contributed by atoms with Gasteiger partial charge in [0, 0.05) is 17.5 Å². The summed E-state index contributed by atoms with van der Waals surface area (Å²) in [6.45, 7) is 3.16. The van der Waals surface area contributed by atoms with Crippen LogP contribution >= 0.6 is 11.3 Å². The lowest BCUT2D eigenvalue weighted by molar-refractivity contribution is -0.123. The number of methoxy groups -OCH3 is 2. The lowest BCUT2D eigenvalue weighted by Gasteiger charge is -2.28. The summed E-state index contributed by atoms with van der Waals surface area (Å²) >= 11 is 1.38. The quantitative estimate of drug-likeness (QED) is 0.847. The van der Waals surface area contributed by atoms with Crippen LogP contribution in [0.15, 0.2) is 23.6 Å². The van der Waals surface area contributed by atoms with Crippen LogP contribution in [0.1, 0.15) is 6.92 Å². The Morgan fingerprint density at radius 3 is 2.88 bits per heavy atom. The Balaban J connectivity index is 1.73. The van der Waals surface area contributed by atoms with Crippen molar-refractivity contribution in [1.82, 2.24) is 10.3 Å². The van der Waals surface area contributed by atoms with Crippen LogP contribution in [0, 0.1) is 0 Å². The SMILES string of the molecule is COc1ccc(-c2csc(NC(=O)[C@H]3NCCO[C@@H]3C)n2)cc1OC. The molecule has 1 amide bonds. The predicted molar refractivity (Wildman–Crippen MR) is 96.5 cm³/mol. The van der Waals surface area contributed by atoms with Crippen molar-refractivity contribution < 1.29 is 19.0 Å². The van der Waals surface area contributed by atoms with E-state index in [1.165, 1.54) is 11.3 Å². The highest BCUT2D eigenvalue weighted by Gasteiger charge is 2.28. The van der Waals surface area contributed by atoms with Gasteiger partial charge in [-0.15, -0.1) is 11.3 Å². The number of morpholine rings is 1. The third kappa shape index (κ3) is 3.92. The number of nitrogens with one attached hydrogen (secondary N) is 2. The number of carbonyl (C=O) groups is 1. The van der Waals surface area contributed by atoms with Crippen LogP contribution in [0.5, 0.6) is 11.5 Å². The minimum atomic E-state index is -0.373. The number of hydrogen-bond acceptors (Lipinski definition) is 7. The maximum Gasteiger partial charge on any atom is 0.245 e. The molecule has 3 rings (SSSR count). The van der Waals surface area contributed by atoms with Crippen molar-refractivity contribution >= 4 is 22.4 Å². The Bertz CT molecular complexity index is 749. The van der Waals surface area contributed by atoms with Gasteiger partial charge in [-0.3, -0.25) is 4.79 Å². The minimum absolute atomic E-state index is 0.139. The highest BCUT2D eigenvalue weighted by Crippen LogP contribution is 2.33. The molecule has 2 atom stereocenters. The molecule has 0 bridgehead atoms. The van der Waals surface area contributed by atoms with Gasteiger partial charge < -0.3 is 24.8 Å². The lowest BCUT2D eigenvalue weighted by atomic mass is 10.1. The van der Waals surface area contributed by atoms with Crippen molar-refractivity contribution in [2.24, 2.45) is 0 Å². The first kappa shape index (κ1) is 17.7. The number of aromatic nitrogens is 1. The Morgan fingerprint density at radius 2 is 2.16 bits per heavy atom. The number of rotatable bonds is 5. The molecular formula is C17H21N3O4S. The molecule has 2 N–H and O–H groups in total. The molecule has 0 spiro atoms. The van der Waals surface area contributed by atoms with Crippen molar-refractivity contribution in [3.05, 3.63) is 23.6 Å². The zero-order valence-electron chi connectivity index (χ0n) is 14.4. The molecule has 7 nitrogen and oxygen atoms in total. The Labute approximate surface area is 150 Å². The Kier molecular flexibility index (Phi) is 5.52. The fourth-order valence-corrected chi connectivity index (χ4v) is 3.39. The van der Waals surface area contributed by atoms with Crippen LogP contribution in [0.3, 0.4) is 0 Å². The molecule has 1 aliphatic rings. The van der Waals surface area contributed by atoms with Gasteiger partial charge in [0.25, 0.3) is 0 Å². The third-order valence-corrected chi connectivity index (χ3v) is 4.77. The normalized spacial score (nSPS) is 20.1. The number of anilines is 1. The van der Waals surface area contributed by atoms with Crippen LogP contribution in [-0.4, -0.2) is 50.4 Å². The van der Waals surface area contributed by atoms with E-state index in [2.05, 4.69) is 15.6 Å². The topological polar surface area (TPSA) is 81.7 Å². The minimum Gasteiger partial charge on any atom is -0.493 e. The average molecular weight is 363 g/mol. The van der Waals surface area contributed by atoms with Crippen LogP contribution in [-0.2, 0) is 9.53 Å². The molecule has 0 saturated carbocycles. The first-order chi connectivity index (χ1) is 12.1. The second-order valence-corrected chi connectivity index (χ2v) is 6.46. The van der Waals surface area contributed by atoms with Gasteiger partial charge in [-0.25, -0.2) is 4.98 Å². The number of carbonyl (C=O) groups excluding carboxylic acids is 1. The van der Waals surface area contributed by atoms with Crippen LogP contribution in [0.25, 0.3) is 11.3 Å². The molecule has 0 radical (unpaired) electrons. The third-order valence-electron chi connectivity index (χ3n) is 4.01. The zero-order chi connectivity index (χ0) is 17.8. The van der Waals surface area contributed by atoms with Gasteiger partial charge in [0.15, 0.2) is 16.6 Å². The van der Waals surface area contributed by atoms with Crippen LogP contribution < -0.4 is 20.1 Å². The molecule has 1 saturated heterocycles. The monoisotopic (exact) mass is 363 g/mol. The number of nitrogens with zero attached hydrogens (tertiary/aromatic N) is 1. The van der Waals surface area contributed by atoms with Gasteiger partial charge in [-0.2, -0.15) is 0 Å². The number of ether oxygens (including phenoxy) is 3. The molecule has 134 valence electrons. The Morgan fingerprint density at radius 1 is 1.36 bits per heavy atom. The van der Waals surface area contributed by atoms with Gasteiger partial charge in [-0.1, -0.05) is 0 Å². The molecule has 0 aliphatic carbocycles. The van der Waals surface area contributed by atoms with Gasteiger partial charge >= 0.3 is 0 Å². The molecule has 1 aromatic heterocycles.